The molecule has 2 aromatic carbocycles. The second-order valence-electron chi connectivity index (χ2n) is 7.20. The fraction of sp³-hybridized carbons (Fsp3) is 0.273. The summed E-state index contributed by atoms with van der Waals surface area (Å²) in [6.45, 7) is 6.20. The van der Waals surface area contributed by atoms with Crippen LogP contribution >= 0.6 is 0 Å². The van der Waals surface area contributed by atoms with Gasteiger partial charge in [0.15, 0.2) is 0 Å². The smallest absolute Gasteiger partial charge is 0.368 e. The second kappa shape index (κ2) is 8.87. The molecule has 1 heterocycles. The molecule has 156 valence electrons. The molecule has 0 fully saturated rings. The van der Waals surface area contributed by atoms with Gasteiger partial charge in [0, 0.05) is 24.3 Å². The van der Waals surface area contributed by atoms with Gasteiger partial charge < -0.3 is 15.5 Å². The van der Waals surface area contributed by atoms with Crippen LogP contribution in [0, 0.1) is 26.2 Å². The topological polar surface area (TPSA) is 102 Å². The van der Waals surface area contributed by atoms with Crippen LogP contribution in [0.2, 0.25) is 0 Å². The number of tetrazole rings is 1. The fourth-order valence-corrected chi connectivity index (χ4v) is 3.21. The fourth-order valence-electron chi connectivity index (χ4n) is 3.21. The van der Waals surface area contributed by atoms with E-state index in [1.807, 2.05) is 69.7 Å². The van der Waals surface area contributed by atoms with Crippen LogP contribution in [-0.2, 0) is 13.7 Å². The SMILES string of the molecule is C[NH2+]C=CC(=N)c1cc(C)c(OCc2c(C)cccc2-n2nnn(C)c2=O)cc1C. The van der Waals surface area contributed by atoms with Gasteiger partial charge in [-0.1, -0.05) is 12.1 Å². The molecule has 0 amide bonds. The van der Waals surface area contributed by atoms with Gasteiger partial charge in [-0.25, -0.2) is 4.79 Å². The third-order valence-corrected chi connectivity index (χ3v) is 4.97. The number of rotatable bonds is 7. The minimum Gasteiger partial charge on any atom is -0.489 e. The van der Waals surface area contributed by atoms with E-state index in [1.165, 1.54) is 9.36 Å². The van der Waals surface area contributed by atoms with Crippen molar-refractivity contribution < 1.29 is 10.1 Å². The van der Waals surface area contributed by atoms with Crippen molar-refractivity contribution in [1.29, 1.82) is 5.41 Å². The lowest BCUT2D eigenvalue weighted by Gasteiger charge is -2.16. The van der Waals surface area contributed by atoms with E-state index in [2.05, 4.69) is 10.4 Å². The summed E-state index contributed by atoms with van der Waals surface area (Å²) in [7, 11) is 3.49. The first kappa shape index (κ1) is 21.2. The average molecular weight is 407 g/mol. The summed E-state index contributed by atoms with van der Waals surface area (Å²) < 4.78 is 8.62. The molecule has 8 heteroatoms. The number of nitrogens with two attached hydrogens (primary N) is 1. The van der Waals surface area contributed by atoms with Crippen LogP contribution in [0.15, 0.2) is 47.4 Å². The van der Waals surface area contributed by atoms with Crippen molar-refractivity contribution in [3.63, 3.8) is 0 Å². The number of nitrogens with zero attached hydrogens (tertiary/aromatic N) is 4. The monoisotopic (exact) mass is 407 g/mol. The molecule has 1 aromatic heterocycles. The molecular weight excluding hydrogens is 380 g/mol. The maximum atomic E-state index is 12.3. The van der Waals surface area contributed by atoms with Crippen molar-refractivity contribution in [2.75, 3.05) is 7.05 Å². The molecule has 0 radical (unpaired) electrons. The van der Waals surface area contributed by atoms with Crippen molar-refractivity contribution in [3.8, 4) is 11.4 Å². The van der Waals surface area contributed by atoms with Gasteiger partial charge in [0.05, 0.1) is 24.6 Å². The summed E-state index contributed by atoms with van der Waals surface area (Å²) in [6.07, 6.45) is 3.64. The van der Waals surface area contributed by atoms with E-state index in [1.54, 1.807) is 13.1 Å². The molecule has 0 saturated carbocycles. The highest BCUT2D eigenvalue weighted by Crippen LogP contribution is 2.26. The molecule has 0 aliphatic rings. The average Bonchev–Trinajstić information content (AvgIpc) is 3.05. The van der Waals surface area contributed by atoms with Crippen LogP contribution < -0.4 is 15.7 Å². The van der Waals surface area contributed by atoms with E-state index >= 15 is 0 Å². The van der Waals surface area contributed by atoms with Crippen LogP contribution in [0.5, 0.6) is 5.75 Å². The van der Waals surface area contributed by atoms with Crippen molar-refractivity contribution in [2.24, 2.45) is 7.05 Å². The summed E-state index contributed by atoms with van der Waals surface area (Å²) in [5.74, 6) is 0.746. The van der Waals surface area contributed by atoms with E-state index in [-0.39, 0.29) is 12.3 Å². The van der Waals surface area contributed by atoms with Gasteiger partial charge in [0.25, 0.3) is 0 Å². The van der Waals surface area contributed by atoms with Gasteiger partial charge in [0.1, 0.15) is 12.4 Å². The van der Waals surface area contributed by atoms with E-state index < -0.39 is 0 Å². The van der Waals surface area contributed by atoms with Crippen molar-refractivity contribution in [1.82, 2.24) is 19.8 Å². The number of aromatic nitrogens is 4. The number of ether oxygens (including phenoxy) is 1. The summed E-state index contributed by atoms with van der Waals surface area (Å²) >= 11 is 0. The minimum absolute atomic E-state index is 0.285. The van der Waals surface area contributed by atoms with Crippen LogP contribution in [0.4, 0.5) is 0 Å². The Hall–Kier alpha value is -3.52. The largest absolute Gasteiger partial charge is 0.489 e. The van der Waals surface area contributed by atoms with Gasteiger partial charge in [0.2, 0.25) is 0 Å². The number of nitrogens with one attached hydrogen (secondary N) is 1. The Balaban J connectivity index is 1.90. The molecule has 3 N–H and O–H groups in total. The highest BCUT2D eigenvalue weighted by Gasteiger charge is 2.15. The lowest BCUT2D eigenvalue weighted by molar-refractivity contribution is -0.556. The first-order chi connectivity index (χ1) is 14.3. The maximum absolute atomic E-state index is 12.3. The summed E-state index contributed by atoms with van der Waals surface area (Å²) in [4.78, 5) is 12.3. The van der Waals surface area contributed by atoms with Crippen LogP contribution in [0.25, 0.3) is 5.69 Å². The minimum atomic E-state index is -0.311. The van der Waals surface area contributed by atoms with Crippen LogP contribution in [-0.4, -0.2) is 32.5 Å². The zero-order valence-corrected chi connectivity index (χ0v) is 17.9. The number of hydrogen-bond acceptors (Lipinski definition) is 5. The summed E-state index contributed by atoms with van der Waals surface area (Å²) in [5.41, 5.74) is 5.46. The number of hydrogen-bond donors (Lipinski definition) is 2. The van der Waals surface area contributed by atoms with Crippen molar-refractivity contribution >= 4 is 5.71 Å². The summed E-state index contributed by atoms with van der Waals surface area (Å²) in [5, 5.41) is 17.9. The predicted molar refractivity (Wildman–Crippen MR) is 115 cm³/mol. The van der Waals surface area contributed by atoms with Gasteiger partial charge >= 0.3 is 5.69 Å². The third kappa shape index (κ3) is 4.23. The van der Waals surface area contributed by atoms with E-state index in [4.69, 9.17) is 10.1 Å². The molecule has 30 heavy (non-hydrogen) atoms. The lowest BCUT2D eigenvalue weighted by atomic mass is 10.0. The van der Waals surface area contributed by atoms with Crippen molar-refractivity contribution in [2.45, 2.75) is 27.4 Å². The van der Waals surface area contributed by atoms with Gasteiger partial charge in [-0.3, -0.25) is 0 Å². The lowest BCUT2D eigenvalue weighted by Crippen LogP contribution is -2.72. The normalized spacial score (nSPS) is 11.2. The molecule has 0 aliphatic heterocycles. The zero-order chi connectivity index (χ0) is 21.8. The predicted octanol–water partition coefficient (Wildman–Crippen LogP) is 1.55. The molecule has 8 nitrogen and oxygen atoms in total. The van der Waals surface area contributed by atoms with Gasteiger partial charge in [-0.15, -0.1) is 0 Å². The molecule has 0 atom stereocenters. The van der Waals surface area contributed by atoms with E-state index in [0.717, 1.165) is 33.6 Å². The maximum Gasteiger partial charge on any atom is 0.368 e. The standard InChI is InChI=1S/C22H26N6O2/c1-14-7-6-8-20(28-22(29)27(5)25-26-28)18(14)13-30-21-12-15(2)17(11-16(21)3)19(23)9-10-24-4/h6-12,23-24H,13H2,1-5H3/p+1. The number of aryl methyl sites for hydroxylation is 4. The molecule has 0 aliphatic carbocycles. The Labute approximate surface area is 175 Å². The molecule has 3 aromatic rings. The quantitative estimate of drug-likeness (QED) is 0.580. The van der Waals surface area contributed by atoms with E-state index in [0.29, 0.717) is 11.4 Å². The molecule has 3 rings (SSSR count). The highest BCUT2D eigenvalue weighted by molar-refractivity contribution is 6.07. The molecule has 0 bridgehead atoms. The molecular formula is C22H27N6O2+. The second-order valence-corrected chi connectivity index (χ2v) is 7.20. The molecule has 0 unspecified atom stereocenters. The number of allylic oxidation sites excluding steroid dienone is 1. The van der Waals surface area contributed by atoms with Crippen LogP contribution in [0.3, 0.4) is 0 Å². The first-order valence-corrected chi connectivity index (χ1v) is 9.70. The summed E-state index contributed by atoms with van der Waals surface area (Å²) in [6, 6.07) is 9.62. The number of quaternary nitrogens is 1. The first-order valence-electron chi connectivity index (χ1n) is 9.70. The molecule has 0 saturated heterocycles. The van der Waals surface area contributed by atoms with E-state index in [9.17, 15) is 4.79 Å². The Bertz CT molecular complexity index is 1170. The Morgan fingerprint density at radius 2 is 1.93 bits per heavy atom. The Morgan fingerprint density at radius 1 is 1.17 bits per heavy atom. The Kier molecular flexibility index (Phi) is 6.27. The van der Waals surface area contributed by atoms with Gasteiger partial charge in [-0.2, -0.15) is 9.36 Å². The Morgan fingerprint density at radius 3 is 2.60 bits per heavy atom. The highest BCUT2D eigenvalue weighted by atomic mass is 16.5. The van der Waals surface area contributed by atoms with Crippen LogP contribution in [0.1, 0.15) is 27.8 Å². The van der Waals surface area contributed by atoms with Crippen molar-refractivity contribution in [3.05, 3.63) is 80.9 Å². The zero-order valence-electron chi connectivity index (χ0n) is 17.9. The third-order valence-electron chi connectivity index (χ3n) is 4.97. The number of benzene rings is 2. The molecule has 0 spiro atoms. The van der Waals surface area contributed by atoms with Gasteiger partial charge in [-0.05, 0) is 66.1 Å².